The second kappa shape index (κ2) is 6.89. The SMILES string of the molecule is CCNCCc1nnc(Cc2ccc(Cl)c(Cl)c2)o1. The molecule has 2 rings (SSSR count). The van der Waals surface area contributed by atoms with Crippen LogP contribution in [0.5, 0.6) is 0 Å². The number of hydrogen-bond donors (Lipinski definition) is 1. The van der Waals surface area contributed by atoms with E-state index in [1.54, 1.807) is 6.07 Å². The summed E-state index contributed by atoms with van der Waals surface area (Å²) in [5, 5.41) is 12.3. The van der Waals surface area contributed by atoms with Crippen LogP contribution >= 0.6 is 23.2 Å². The number of nitrogens with one attached hydrogen (secondary N) is 1. The van der Waals surface area contributed by atoms with Crippen LogP contribution in [0.1, 0.15) is 24.3 Å². The summed E-state index contributed by atoms with van der Waals surface area (Å²) < 4.78 is 5.57. The Labute approximate surface area is 122 Å². The first-order chi connectivity index (χ1) is 9.19. The highest BCUT2D eigenvalue weighted by molar-refractivity contribution is 6.42. The standard InChI is InChI=1S/C13H15Cl2N3O/c1-2-16-6-5-12-17-18-13(19-12)8-9-3-4-10(14)11(15)7-9/h3-4,7,16H,2,5-6,8H2,1H3. The van der Waals surface area contributed by atoms with Crippen LogP contribution in [0.3, 0.4) is 0 Å². The van der Waals surface area contributed by atoms with Gasteiger partial charge in [-0.05, 0) is 24.2 Å². The van der Waals surface area contributed by atoms with Gasteiger partial charge in [-0.15, -0.1) is 10.2 Å². The topological polar surface area (TPSA) is 51.0 Å². The van der Waals surface area contributed by atoms with E-state index in [1.165, 1.54) is 0 Å². The van der Waals surface area contributed by atoms with E-state index in [4.69, 9.17) is 27.6 Å². The molecule has 19 heavy (non-hydrogen) atoms. The van der Waals surface area contributed by atoms with Gasteiger partial charge in [-0.2, -0.15) is 0 Å². The fourth-order valence-corrected chi connectivity index (χ4v) is 1.98. The van der Waals surface area contributed by atoms with Gasteiger partial charge in [0, 0.05) is 13.0 Å². The Morgan fingerprint density at radius 3 is 2.68 bits per heavy atom. The lowest BCUT2D eigenvalue weighted by Gasteiger charge is -2.00. The minimum absolute atomic E-state index is 0.533. The number of aromatic nitrogens is 2. The minimum Gasteiger partial charge on any atom is -0.425 e. The Bertz CT molecular complexity index is 542. The van der Waals surface area contributed by atoms with Gasteiger partial charge in [0.25, 0.3) is 0 Å². The highest BCUT2D eigenvalue weighted by Gasteiger charge is 2.08. The molecule has 0 fully saturated rings. The minimum atomic E-state index is 0.533. The lowest BCUT2D eigenvalue weighted by atomic mass is 10.1. The van der Waals surface area contributed by atoms with E-state index < -0.39 is 0 Å². The van der Waals surface area contributed by atoms with E-state index in [2.05, 4.69) is 22.4 Å². The predicted octanol–water partition coefficient (Wildman–Crippen LogP) is 3.12. The fourth-order valence-electron chi connectivity index (χ4n) is 1.66. The van der Waals surface area contributed by atoms with E-state index in [0.717, 1.165) is 25.1 Å². The van der Waals surface area contributed by atoms with Crippen molar-refractivity contribution in [1.82, 2.24) is 15.5 Å². The molecule has 0 saturated carbocycles. The van der Waals surface area contributed by atoms with Crippen molar-refractivity contribution < 1.29 is 4.42 Å². The zero-order valence-electron chi connectivity index (χ0n) is 10.6. The number of benzene rings is 1. The number of likely N-dealkylation sites (N-methyl/N-ethyl adjacent to an activating group) is 1. The van der Waals surface area contributed by atoms with Crippen LogP contribution in [0, 0.1) is 0 Å². The molecule has 4 nitrogen and oxygen atoms in total. The smallest absolute Gasteiger partial charge is 0.220 e. The zero-order valence-corrected chi connectivity index (χ0v) is 12.1. The van der Waals surface area contributed by atoms with Crippen LogP contribution in [0.4, 0.5) is 0 Å². The van der Waals surface area contributed by atoms with Crippen LogP contribution in [-0.2, 0) is 12.8 Å². The van der Waals surface area contributed by atoms with Gasteiger partial charge in [-0.1, -0.05) is 36.2 Å². The third-order valence-corrected chi connectivity index (χ3v) is 3.35. The molecule has 0 radical (unpaired) electrons. The highest BCUT2D eigenvalue weighted by atomic mass is 35.5. The summed E-state index contributed by atoms with van der Waals surface area (Å²) in [6, 6.07) is 5.48. The quantitative estimate of drug-likeness (QED) is 0.833. The molecule has 1 heterocycles. The van der Waals surface area contributed by atoms with E-state index in [0.29, 0.717) is 28.2 Å². The van der Waals surface area contributed by atoms with Crippen molar-refractivity contribution in [2.45, 2.75) is 19.8 Å². The molecular weight excluding hydrogens is 285 g/mol. The number of hydrogen-bond acceptors (Lipinski definition) is 4. The third-order valence-electron chi connectivity index (χ3n) is 2.61. The molecule has 1 aromatic heterocycles. The molecule has 1 aromatic carbocycles. The average Bonchev–Trinajstić information content (AvgIpc) is 2.82. The molecule has 0 bridgehead atoms. The summed E-state index contributed by atoms with van der Waals surface area (Å²) in [5.74, 6) is 1.24. The molecule has 0 atom stereocenters. The van der Waals surface area contributed by atoms with E-state index in [1.807, 2.05) is 12.1 Å². The van der Waals surface area contributed by atoms with Gasteiger partial charge in [0.1, 0.15) is 0 Å². The molecule has 2 aromatic rings. The van der Waals surface area contributed by atoms with Gasteiger partial charge in [-0.3, -0.25) is 0 Å². The Morgan fingerprint density at radius 1 is 1.16 bits per heavy atom. The molecule has 0 unspecified atom stereocenters. The number of halogens is 2. The number of nitrogens with zero attached hydrogens (tertiary/aromatic N) is 2. The summed E-state index contributed by atoms with van der Waals surface area (Å²) in [6.07, 6.45) is 1.30. The number of rotatable bonds is 6. The molecular formula is C13H15Cl2N3O. The Kier molecular flexibility index (Phi) is 5.19. The van der Waals surface area contributed by atoms with Gasteiger partial charge < -0.3 is 9.73 Å². The lowest BCUT2D eigenvalue weighted by Crippen LogP contribution is -2.16. The fraction of sp³-hybridized carbons (Fsp3) is 0.385. The molecule has 0 aliphatic rings. The monoisotopic (exact) mass is 299 g/mol. The van der Waals surface area contributed by atoms with Crippen LogP contribution in [0.25, 0.3) is 0 Å². The van der Waals surface area contributed by atoms with Crippen molar-refractivity contribution in [3.05, 3.63) is 45.6 Å². The van der Waals surface area contributed by atoms with Crippen molar-refractivity contribution in [2.24, 2.45) is 0 Å². The van der Waals surface area contributed by atoms with Crippen LogP contribution < -0.4 is 5.32 Å². The Morgan fingerprint density at radius 2 is 1.95 bits per heavy atom. The van der Waals surface area contributed by atoms with Gasteiger partial charge in [0.15, 0.2) is 0 Å². The summed E-state index contributed by atoms with van der Waals surface area (Å²) in [5.41, 5.74) is 0.997. The second-order valence-corrected chi connectivity index (χ2v) is 4.93. The predicted molar refractivity (Wildman–Crippen MR) is 75.8 cm³/mol. The van der Waals surface area contributed by atoms with Crippen molar-refractivity contribution in [1.29, 1.82) is 0 Å². The first-order valence-corrected chi connectivity index (χ1v) is 6.90. The summed E-state index contributed by atoms with van der Waals surface area (Å²) in [7, 11) is 0. The normalized spacial score (nSPS) is 10.9. The maximum Gasteiger partial charge on any atom is 0.220 e. The van der Waals surface area contributed by atoms with Gasteiger partial charge in [0.05, 0.1) is 16.5 Å². The maximum absolute atomic E-state index is 5.96. The Balaban J connectivity index is 1.97. The third kappa shape index (κ3) is 4.20. The molecule has 0 spiro atoms. The van der Waals surface area contributed by atoms with Crippen LogP contribution in [0.2, 0.25) is 10.0 Å². The summed E-state index contributed by atoms with van der Waals surface area (Å²) >= 11 is 11.8. The van der Waals surface area contributed by atoms with Gasteiger partial charge >= 0.3 is 0 Å². The average molecular weight is 300 g/mol. The first kappa shape index (κ1) is 14.3. The largest absolute Gasteiger partial charge is 0.425 e. The lowest BCUT2D eigenvalue weighted by molar-refractivity contribution is 0.452. The van der Waals surface area contributed by atoms with Gasteiger partial charge in [0.2, 0.25) is 11.8 Å². The Hall–Kier alpha value is -1.10. The zero-order chi connectivity index (χ0) is 13.7. The van der Waals surface area contributed by atoms with Crippen molar-refractivity contribution >= 4 is 23.2 Å². The van der Waals surface area contributed by atoms with Crippen molar-refractivity contribution in [2.75, 3.05) is 13.1 Å². The van der Waals surface area contributed by atoms with Crippen LogP contribution in [0.15, 0.2) is 22.6 Å². The molecule has 1 N–H and O–H groups in total. The molecule has 6 heteroatoms. The van der Waals surface area contributed by atoms with E-state index in [9.17, 15) is 0 Å². The molecule has 102 valence electrons. The molecule has 0 aliphatic heterocycles. The van der Waals surface area contributed by atoms with E-state index >= 15 is 0 Å². The summed E-state index contributed by atoms with van der Waals surface area (Å²) in [4.78, 5) is 0. The molecule has 0 saturated heterocycles. The molecule has 0 aliphatic carbocycles. The second-order valence-electron chi connectivity index (χ2n) is 4.12. The highest BCUT2D eigenvalue weighted by Crippen LogP contribution is 2.23. The first-order valence-electron chi connectivity index (χ1n) is 6.15. The van der Waals surface area contributed by atoms with E-state index in [-0.39, 0.29) is 0 Å². The van der Waals surface area contributed by atoms with Gasteiger partial charge in [-0.25, -0.2) is 0 Å². The maximum atomic E-state index is 5.96. The summed E-state index contributed by atoms with van der Waals surface area (Å²) in [6.45, 7) is 3.83. The van der Waals surface area contributed by atoms with Crippen molar-refractivity contribution in [3.8, 4) is 0 Å². The van der Waals surface area contributed by atoms with Crippen molar-refractivity contribution in [3.63, 3.8) is 0 Å². The van der Waals surface area contributed by atoms with Crippen LogP contribution in [-0.4, -0.2) is 23.3 Å². The molecule has 0 amide bonds.